The van der Waals surface area contributed by atoms with Crippen molar-refractivity contribution in [1.29, 1.82) is 0 Å². The van der Waals surface area contributed by atoms with Gasteiger partial charge in [-0.05, 0) is 50.3 Å². The molecule has 1 aromatic rings. The number of nitrogens with one attached hydrogen (secondary N) is 1. The summed E-state index contributed by atoms with van der Waals surface area (Å²) in [6, 6.07) is 6.46. The molecule has 1 atom stereocenters. The van der Waals surface area contributed by atoms with Crippen molar-refractivity contribution in [2.45, 2.75) is 44.0 Å². The Morgan fingerprint density at radius 3 is 2.67 bits per heavy atom. The third kappa shape index (κ3) is 6.33. The van der Waals surface area contributed by atoms with Crippen molar-refractivity contribution in [2.24, 2.45) is 0 Å². The maximum Gasteiger partial charge on any atom is 0.0603 e. The van der Waals surface area contributed by atoms with E-state index in [-0.39, 0.29) is 0 Å². The summed E-state index contributed by atoms with van der Waals surface area (Å²) in [5.74, 6) is 1.14. The van der Waals surface area contributed by atoms with Gasteiger partial charge >= 0.3 is 0 Å². The zero-order chi connectivity index (χ0) is 13.4. The van der Waals surface area contributed by atoms with Crippen molar-refractivity contribution in [1.82, 2.24) is 5.32 Å². The lowest BCUT2D eigenvalue weighted by atomic mass is 10.1. The zero-order valence-corrected chi connectivity index (χ0v) is 13.3. The highest BCUT2D eigenvalue weighted by Crippen LogP contribution is 2.28. The van der Waals surface area contributed by atoms with Gasteiger partial charge in [-0.25, -0.2) is 0 Å². The summed E-state index contributed by atoms with van der Waals surface area (Å²) < 4.78 is 0. The van der Waals surface area contributed by atoms with Gasteiger partial charge in [-0.15, -0.1) is 11.8 Å². The van der Waals surface area contributed by atoms with Crippen molar-refractivity contribution in [3.05, 3.63) is 28.2 Å². The Morgan fingerprint density at radius 2 is 2.00 bits per heavy atom. The first kappa shape index (κ1) is 16.2. The summed E-state index contributed by atoms with van der Waals surface area (Å²) in [7, 11) is 0. The Labute approximate surface area is 125 Å². The van der Waals surface area contributed by atoms with Gasteiger partial charge in [0.25, 0.3) is 0 Å². The highest BCUT2D eigenvalue weighted by molar-refractivity contribution is 7.99. The fourth-order valence-corrected chi connectivity index (χ4v) is 3.07. The van der Waals surface area contributed by atoms with E-state index in [2.05, 4.69) is 19.2 Å². The van der Waals surface area contributed by atoms with Gasteiger partial charge in [0, 0.05) is 10.9 Å². The highest BCUT2D eigenvalue weighted by Gasteiger charge is 2.01. The minimum Gasteiger partial charge on any atom is -0.315 e. The summed E-state index contributed by atoms with van der Waals surface area (Å²) in [5.41, 5.74) is 0. The van der Waals surface area contributed by atoms with Crippen LogP contribution in [0.4, 0.5) is 0 Å². The lowest BCUT2D eigenvalue weighted by molar-refractivity contribution is 0.510. The minimum atomic E-state index is 0.625. The Balaban J connectivity index is 2.16. The number of halogens is 2. The van der Waals surface area contributed by atoms with Crippen molar-refractivity contribution in [2.75, 3.05) is 12.3 Å². The van der Waals surface area contributed by atoms with Crippen LogP contribution in [0, 0.1) is 0 Å². The largest absolute Gasteiger partial charge is 0.315 e. The number of hydrogen-bond donors (Lipinski definition) is 1. The second-order valence-electron chi connectivity index (χ2n) is 4.38. The standard InChI is InChI=1S/C14H21Cl2NS/c1-3-17-11(2)6-4-5-9-18-12-7-8-13(15)14(16)10-12/h7-8,10-11,17H,3-6,9H2,1-2H3. The van der Waals surface area contributed by atoms with Crippen LogP contribution in [0.15, 0.2) is 23.1 Å². The van der Waals surface area contributed by atoms with Crippen LogP contribution >= 0.6 is 35.0 Å². The fraction of sp³-hybridized carbons (Fsp3) is 0.571. The number of thioether (sulfide) groups is 1. The molecule has 0 aliphatic carbocycles. The summed E-state index contributed by atoms with van der Waals surface area (Å²) in [6.45, 7) is 5.45. The number of unbranched alkanes of at least 4 members (excludes halogenated alkanes) is 1. The molecule has 0 spiro atoms. The van der Waals surface area contributed by atoms with Crippen LogP contribution in [0.25, 0.3) is 0 Å². The maximum atomic E-state index is 5.98. The van der Waals surface area contributed by atoms with Crippen LogP contribution in [0.5, 0.6) is 0 Å². The smallest absolute Gasteiger partial charge is 0.0603 e. The first-order valence-corrected chi connectivity index (χ1v) is 8.19. The molecule has 0 amide bonds. The van der Waals surface area contributed by atoms with Crippen molar-refractivity contribution in [3.8, 4) is 0 Å². The molecule has 0 saturated heterocycles. The molecule has 102 valence electrons. The number of rotatable bonds is 8. The average molecular weight is 306 g/mol. The van der Waals surface area contributed by atoms with E-state index in [1.54, 1.807) is 0 Å². The second-order valence-corrected chi connectivity index (χ2v) is 6.36. The Hall–Kier alpha value is 0.110. The molecule has 0 fully saturated rings. The van der Waals surface area contributed by atoms with E-state index in [1.165, 1.54) is 24.2 Å². The van der Waals surface area contributed by atoms with Crippen LogP contribution in [0.2, 0.25) is 10.0 Å². The van der Waals surface area contributed by atoms with Crippen LogP contribution in [-0.2, 0) is 0 Å². The van der Waals surface area contributed by atoms with Gasteiger partial charge in [0.05, 0.1) is 10.0 Å². The lowest BCUT2D eigenvalue weighted by Crippen LogP contribution is -2.25. The van der Waals surface area contributed by atoms with E-state index < -0.39 is 0 Å². The zero-order valence-electron chi connectivity index (χ0n) is 11.0. The van der Waals surface area contributed by atoms with E-state index in [1.807, 2.05) is 30.0 Å². The molecule has 1 aromatic carbocycles. The van der Waals surface area contributed by atoms with Crippen LogP contribution < -0.4 is 5.32 Å². The predicted octanol–water partition coefficient (Wildman–Crippen LogP) is 5.25. The third-order valence-electron chi connectivity index (χ3n) is 2.74. The van der Waals surface area contributed by atoms with Crippen LogP contribution in [0.3, 0.4) is 0 Å². The Kier molecular flexibility index (Phi) is 8.16. The minimum absolute atomic E-state index is 0.625. The topological polar surface area (TPSA) is 12.0 Å². The molecular formula is C14H21Cl2NS. The van der Waals surface area contributed by atoms with Crippen molar-refractivity contribution < 1.29 is 0 Å². The summed E-state index contributed by atoms with van der Waals surface area (Å²) in [4.78, 5) is 1.20. The monoisotopic (exact) mass is 305 g/mol. The summed E-state index contributed by atoms with van der Waals surface area (Å²) >= 11 is 13.7. The molecule has 1 N–H and O–H groups in total. The van der Waals surface area contributed by atoms with Gasteiger partial charge in [-0.1, -0.05) is 36.5 Å². The molecule has 0 saturated carbocycles. The molecule has 1 rings (SSSR count). The van der Waals surface area contributed by atoms with Crippen LogP contribution in [-0.4, -0.2) is 18.3 Å². The van der Waals surface area contributed by atoms with Crippen molar-refractivity contribution >= 4 is 35.0 Å². The van der Waals surface area contributed by atoms with E-state index in [9.17, 15) is 0 Å². The second kappa shape index (κ2) is 9.08. The molecule has 1 unspecified atom stereocenters. The molecule has 4 heteroatoms. The predicted molar refractivity (Wildman–Crippen MR) is 84.2 cm³/mol. The van der Waals surface area contributed by atoms with Crippen LogP contribution in [0.1, 0.15) is 33.1 Å². The lowest BCUT2D eigenvalue weighted by Gasteiger charge is -2.11. The molecule has 0 bridgehead atoms. The van der Waals surface area contributed by atoms with Gasteiger partial charge < -0.3 is 5.32 Å². The van der Waals surface area contributed by atoms with Crippen molar-refractivity contribution in [3.63, 3.8) is 0 Å². The molecule has 1 nitrogen and oxygen atoms in total. The molecule has 0 heterocycles. The maximum absolute atomic E-state index is 5.98. The van der Waals surface area contributed by atoms with Gasteiger partial charge in [0.1, 0.15) is 0 Å². The molecular weight excluding hydrogens is 285 g/mol. The van der Waals surface area contributed by atoms with Gasteiger partial charge in [0.2, 0.25) is 0 Å². The van der Waals surface area contributed by atoms with E-state index in [0.29, 0.717) is 16.1 Å². The highest BCUT2D eigenvalue weighted by atomic mass is 35.5. The van der Waals surface area contributed by atoms with Gasteiger partial charge in [0.15, 0.2) is 0 Å². The van der Waals surface area contributed by atoms with E-state index in [4.69, 9.17) is 23.2 Å². The SMILES string of the molecule is CCNC(C)CCCCSc1ccc(Cl)c(Cl)c1. The quantitative estimate of drug-likeness (QED) is 0.520. The third-order valence-corrected chi connectivity index (χ3v) is 4.56. The average Bonchev–Trinajstić information content (AvgIpc) is 2.33. The Bertz CT molecular complexity index is 358. The molecule has 0 aliphatic heterocycles. The molecule has 0 aliphatic rings. The molecule has 0 aromatic heterocycles. The first-order valence-electron chi connectivity index (χ1n) is 6.44. The van der Waals surface area contributed by atoms with E-state index in [0.717, 1.165) is 12.3 Å². The molecule has 0 radical (unpaired) electrons. The first-order chi connectivity index (χ1) is 8.63. The number of hydrogen-bond acceptors (Lipinski definition) is 2. The van der Waals surface area contributed by atoms with Gasteiger partial charge in [-0.2, -0.15) is 0 Å². The summed E-state index contributed by atoms with van der Waals surface area (Å²) in [6.07, 6.45) is 3.75. The van der Waals surface area contributed by atoms with E-state index >= 15 is 0 Å². The Morgan fingerprint density at radius 1 is 1.22 bits per heavy atom. The summed E-state index contributed by atoms with van der Waals surface area (Å²) in [5, 5.41) is 4.70. The number of benzene rings is 1. The normalized spacial score (nSPS) is 12.7. The fourth-order valence-electron chi connectivity index (χ4n) is 1.76. The van der Waals surface area contributed by atoms with Gasteiger partial charge in [-0.3, -0.25) is 0 Å². The molecule has 18 heavy (non-hydrogen) atoms.